The summed E-state index contributed by atoms with van der Waals surface area (Å²) in [6.07, 6.45) is 15.2. The SMILES string of the molecule is CCCC/C=C\CCCCC(CC)OC. The summed E-state index contributed by atoms with van der Waals surface area (Å²) in [5.74, 6) is 0. The molecule has 0 heterocycles. The van der Waals surface area contributed by atoms with Crippen LogP contribution in [0.3, 0.4) is 0 Å². The summed E-state index contributed by atoms with van der Waals surface area (Å²) >= 11 is 0. The van der Waals surface area contributed by atoms with Gasteiger partial charge < -0.3 is 4.74 Å². The fourth-order valence-corrected chi connectivity index (χ4v) is 1.68. The molecule has 1 unspecified atom stereocenters. The molecule has 0 rings (SSSR count). The molecular formula is C14H28O. The summed E-state index contributed by atoms with van der Waals surface area (Å²) in [4.78, 5) is 0. The zero-order chi connectivity index (χ0) is 11.4. The van der Waals surface area contributed by atoms with Gasteiger partial charge in [-0.15, -0.1) is 0 Å². The van der Waals surface area contributed by atoms with Crippen LogP contribution in [0.4, 0.5) is 0 Å². The zero-order valence-corrected chi connectivity index (χ0v) is 10.8. The Bertz CT molecular complexity index is 136. The van der Waals surface area contributed by atoms with E-state index >= 15 is 0 Å². The topological polar surface area (TPSA) is 9.23 Å². The van der Waals surface area contributed by atoms with Crippen LogP contribution in [-0.2, 0) is 4.74 Å². The second-order valence-electron chi connectivity index (χ2n) is 4.16. The smallest absolute Gasteiger partial charge is 0.0568 e. The van der Waals surface area contributed by atoms with Crippen molar-refractivity contribution in [2.45, 2.75) is 71.3 Å². The van der Waals surface area contributed by atoms with Crippen LogP contribution in [0.15, 0.2) is 12.2 Å². The molecule has 0 aliphatic heterocycles. The summed E-state index contributed by atoms with van der Waals surface area (Å²) < 4.78 is 5.34. The van der Waals surface area contributed by atoms with E-state index in [1.165, 1.54) is 44.9 Å². The van der Waals surface area contributed by atoms with E-state index in [9.17, 15) is 0 Å². The van der Waals surface area contributed by atoms with Gasteiger partial charge in [0.25, 0.3) is 0 Å². The average molecular weight is 212 g/mol. The Labute approximate surface area is 95.9 Å². The Morgan fingerprint density at radius 3 is 2.20 bits per heavy atom. The molecule has 90 valence electrons. The quantitative estimate of drug-likeness (QED) is 0.376. The first-order valence-corrected chi connectivity index (χ1v) is 6.52. The fraction of sp³-hybridized carbons (Fsp3) is 0.857. The summed E-state index contributed by atoms with van der Waals surface area (Å²) in [6, 6.07) is 0. The van der Waals surface area contributed by atoms with Crippen molar-refractivity contribution in [2.24, 2.45) is 0 Å². The fourth-order valence-electron chi connectivity index (χ4n) is 1.68. The molecule has 0 spiro atoms. The van der Waals surface area contributed by atoms with E-state index in [4.69, 9.17) is 4.74 Å². The number of unbranched alkanes of at least 4 members (excludes halogenated alkanes) is 4. The van der Waals surface area contributed by atoms with E-state index in [0.717, 1.165) is 6.42 Å². The number of rotatable bonds is 10. The highest BCUT2D eigenvalue weighted by atomic mass is 16.5. The first-order valence-electron chi connectivity index (χ1n) is 6.52. The molecule has 0 N–H and O–H groups in total. The summed E-state index contributed by atoms with van der Waals surface area (Å²) in [5, 5.41) is 0. The maximum Gasteiger partial charge on any atom is 0.0568 e. The first kappa shape index (κ1) is 14.7. The molecule has 1 atom stereocenters. The highest BCUT2D eigenvalue weighted by Gasteiger charge is 2.01. The van der Waals surface area contributed by atoms with Gasteiger partial charge in [0.15, 0.2) is 0 Å². The third-order valence-corrected chi connectivity index (χ3v) is 2.83. The Balaban J connectivity index is 3.20. The normalized spacial score (nSPS) is 13.5. The minimum atomic E-state index is 0.481. The van der Waals surface area contributed by atoms with Crippen molar-refractivity contribution < 1.29 is 4.74 Å². The van der Waals surface area contributed by atoms with Gasteiger partial charge in [0.2, 0.25) is 0 Å². The van der Waals surface area contributed by atoms with Crippen molar-refractivity contribution in [1.82, 2.24) is 0 Å². The summed E-state index contributed by atoms with van der Waals surface area (Å²) in [5.41, 5.74) is 0. The van der Waals surface area contributed by atoms with Gasteiger partial charge in [0.05, 0.1) is 6.10 Å². The van der Waals surface area contributed by atoms with E-state index < -0.39 is 0 Å². The van der Waals surface area contributed by atoms with Gasteiger partial charge in [-0.2, -0.15) is 0 Å². The van der Waals surface area contributed by atoms with Gasteiger partial charge in [-0.05, 0) is 32.1 Å². The lowest BCUT2D eigenvalue weighted by Gasteiger charge is -2.11. The van der Waals surface area contributed by atoms with Gasteiger partial charge in [0, 0.05) is 7.11 Å². The van der Waals surface area contributed by atoms with Crippen LogP contribution in [0.1, 0.15) is 65.2 Å². The van der Waals surface area contributed by atoms with Crippen molar-refractivity contribution in [3.8, 4) is 0 Å². The van der Waals surface area contributed by atoms with E-state index in [-0.39, 0.29) is 0 Å². The van der Waals surface area contributed by atoms with Crippen LogP contribution >= 0.6 is 0 Å². The minimum Gasteiger partial charge on any atom is -0.381 e. The Morgan fingerprint density at radius 1 is 1.00 bits per heavy atom. The molecule has 0 fully saturated rings. The van der Waals surface area contributed by atoms with Crippen LogP contribution in [0.25, 0.3) is 0 Å². The molecule has 0 aliphatic rings. The van der Waals surface area contributed by atoms with E-state index in [0.29, 0.717) is 6.10 Å². The van der Waals surface area contributed by atoms with Crippen LogP contribution in [-0.4, -0.2) is 13.2 Å². The van der Waals surface area contributed by atoms with Gasteiger partial charge in [-0.25, -0.2) is 0 Å². The molecule has 0 aliphatic carbocycles. The molecule has 0 amide bonds. The third-order valence-electron chi connectivity index (χ3n) is 2.83. The molecule has 0 bridgehead atoms. The Kier molecular flexibility index (Phi) is 11.5. The minimum absolute atomic E-state index is 0.481. The molecule has 0 aromatic carbocycles. The predicted molar refractivity (Wildman–Crippen MR) is 68.2 cm³/mol. The van der Waals surface area contributed by atoms with Crippen molar-refractivity contribution in [2.75, 3.05) is 7.11 Å². The molecule has 0 aromatic rings. The van der Waals surface area contributed by atoms with E-state index in [1.807, 2.05) is 7.11 Å². The Morgan fingerprint density at radius 2 is 1.67 bits per heavy atom. The monoisotopic (exact) mass is 212 g/mol. The highest BCUT2D eigenvalue weighted by Crippen LogP contribution is 2.09. The predicted octanol–water partition coefficient (Wildman–Crippen LogP) is 4.72. The molecule has 1 heteroatoms. The molecule has 0 saturated carbocycles. The largest absolute Gasteiger partial charge is 0.381 e. The van der Waals surface area contributed by atoms with Crippen molar-refractivity contribution in [3.63, 3.8) is 0 Å². The second kappa shape index (κ2) is 11.8. The van der Waals surface area contributed by atoms with E-state index in [2.05, 4.69) is 26.0 Å². The van der Waals surface area contributed by atoms with Gasteiger partial charge in [-0.3, -0.25) is 0 Å². The van der Waals surface area contributed by atoms with Gasteiger partial charge in [-0.1, -0.05) is 45.3 Å². The lowest BCUT2D eigenvalue weighted by Crippen LogP contribution is -2.07. The standard InChI is InChI=1S/C14H28O/c1-4-6-7-8-9-10-11-12-13-14(5-2)15-3/h8-9,14H,4-7,10-13H2,1-3H3/b9-8-. The van der Waals surface area contributed by atoms with Crippen LogP contribution in [0, 0.1) is 0 Å². The average Bonchev–Trinajstić information content (AvgIpc) is 2.27. The molecule has 0 saturated heterocycles. The number of methoxy groups -OCH3 is 1. The molecule has 0 radical (unpaired) electrons. The second-order valence-corrected chi connectivity index (χ2v) is 4.16. The Hall–Kier alpha value is -0.300. The highest BCUT2D eigenvalue weighted by molar-refractivity contribution is 4.81. The third kappa shape index (κ3) is 9.99. The number of hydrogen-bond acceptors (Lipinski definition) is 1. The lowest BCUT2D eigenvalue weighted by molar-refractivity contribution is 0.0899. The maximum atomic E-state index is 5.34. The molecular weight excluding hydrogens is 184 g/mol. The summed E-state index contributed by atoms with van der Waals surface area (Å²) in [7, 11) is 1.82. The van der Waals surface area contributed by atoms with Crippen molar-refractivity contribution >= 4 is 0 Å². The first-order chi connectivity index (χ1) is 7.35. The van der Waals surface area contributed by atoms with Crippen LogP contribution < -0.4 is 0 Å². The lowest BCUT2D eigenvalue weighted by atomic mass is 10.1. The van der Waals surface area contributed by atoms with Gasteiger partial charge >= 0.3 is 0 Å². The number of allylic oxidation sites excluding steroid dienone is 2. The van der Waals surface area contributed by atoms with Crippen LogP contribution in [0.5, 0.6) is 0 Å². The van der Waals surface area contributed by atoms with Crippen LogP contribution in [0.2, 0.25) is 0 Å². The zero-order valence-electron chi connectivity index (χ0n) is 10.8. The number of hydrogen-bond donors (Lipinski definition) is 0. The molecule has 15 heavy (non-hydrogen) atoms. The number of ether oxygens (including phenoxy) is 1. The van der Waals surface area contributed by atoms with Crippen molar-refractivity contribution in [3.05, 3.63) is 12.2 Å². The summed E-state index contributed by atoms with van der Waals surface area (Å²) in [6.45, 7) is 4.43. The maximum absolute atomic E-state index is 5.34. The molecule has 0 aromatic heterocycles. The molecule has 1 nitrogen and oxygen atoms in total. The van der Waals surface area contributed by atoms with Crippen molar-refractivity contribution in [1.29, 1.82) is 0 Å². The van der Waals surface area contributed by atoms with Gasteiger partial charge in [0.1, 0.15) is 0 Å². The van der Waals surface area contributed by atoms with E-state index in [1.54, 1.807) is 0 Å².